The SMILES string of the molecule is [NH-][N+]1=C2CCC13CCC2CC3. The molecule has 3 aliphatic heterocycles. The molecule has 1 aliphatic carbocycles. The van der Waals surface area contributed by atoms with Crippen molar-refractivity contribution in [3.05, 3.63) is 5.84 Å². The van der Waals surface area contributed by atoms with Gasteiger partial charge in [-0.2, -0.15) is 0 Å². The summed E-state index contributed by atoms with van der Waals surface area (Å²) >= 11 is 0. The van der Waals surface area contributed by atoms with Gasteiger partial charge in [-0.05, 0) is 12.8 Å². The van der Waals surface area contributed by atoms with E-state index in [4.69, 9.17) is 5.84 Å². The molecule has 3 heterocycles. The van der Waals surface area contributed by atoms with E-state index in [2.05, 4.69) is 0 Å². The van der Waals surface area contributed by atoms with Crippen molar-refractivity contribution in [1.82, 2.24) is 0 Å². The lowest BCUT2D eigenvalue weighted by Crippen LogP contribution is -2.46. The highest BCUT2D eigenvalue weighted by Gasteiger charge is 2.54. The molecule has 0 aromatic heterocycles. The predicted molar refractivity (Wildman–Crippen MR) is 43.5 cm³/mol. The van der Waals surface area contributed by atoms with Crippen LogP contribution in [0.3, 0.4) is 0 Å². The highest BCUT2D eigenvalue weighted by molar-refractivity contribution is 5.85. The molecule has 4 rings (SSSR count). The molecule has 3 bridgehead atoms. The van der Waals surface area contributed by atoms with E-state index < -0.39 is 0 Å². The maximum atomic E-state index is 7.92. The van der Waals surface area contributed by atoms with Gasteiger partial charge in [0.05, 0.1) is 0 Å². The molecule has 4 aliphatic rings. The smallest absolute Gasteiger partial charge is 0.157 e. The average molecular weight is 150 g/mol. The van der Waals surface area contributed by atoms with E-state index in [1.54, 1.807) is 0 Å². The highest BCUT2D eigenvalue weighted by atomic mass is 15.4. The Bertz CT molecular complexity index is 234. The Balaban J connectivity index is 2.19. The second-order valence-corrected chi connectivity index (χ2v) is 4.33. The third-order valence-corrected chi connectivity index (χ3v) is 4.00. The summed E-state index contributed by atoms with van der Waals surface area (Å²) in [6.07, 6.45) is 7.86. The molecule has 60 valence electrons. The summed E-state index contributed by atoms with van der Waals surface area (Å²) < 4.78 is 1.88. The molecule has 0 aromatic rings. The highest BCUT2D eigenvalue weighted by Crippen LogP contribution is 2.48. The lowest BCUT2D eigenvalue weighted by molar-refractivity contribution is -0.558. The first-order valence-corrected chi connectivity index (χ1v) is 4.69. The fourth-order valence-electron chi connectivity index (χ4n) is 3.24. The van der Waals surface area contributed by atoms with Crippen molar-refractivity contribution in [3.63, 3.8) is 0 Å². The third kappa shape index (κ3) is 0.534. The van der Waals surface area contributed by atoms with E-state index in [9.17, 15) is 0 Å². The normalized spacial score (nSPS) is 47.1. The average Bonchev–Trinajstić information content (AvgIpc) is 2.28. The molecule has 2 heteroatoms. The molecular weight excluding hydrogens is 136 g/mol. The molecule has 1 saturated carbocycles. The molecule has 0 atom stereocenters. The molecule has 1 fully saturated rings. The van der Waals surface area contributed by atoms with Crippen LogP contribution in [0, 0.1) is 5.92 Å². The fourth-order valence-corrected chi connectivity index (χ4v) is 3.24. The van der Waals surface area contributed by atoms with E-state index in [0.717, 1.165) is 5.92 Å². The summed E-state index contributed by atoms with van der Waals surface area (Å²) in [6.45, 7) is 0. The van der Waals surface area contributed by atoms with Gasteiger partial charge in [-0.3, -0.25) is 4.68 Å². The van der Waals surface area contributed by atoms with Gasteiger partial charge in [0.25, 0.3) is 0 Å². The Morgan fingerprint density at radius 3 is 2.55 bits per heavy atom. The second-order valence-electron chi connectivity index (χ2n) is 4.33. The van der Waals surface area contributed by atoms with Crippen LogP contribution < -0.4 is 0 Å². The van der Waals surface area contributed by atoms with Crippen LogP contribution in [-0.2, 0) is 0 Å². The van der Waals surface area contributed by atoms with Crippen LogP contribution in [0.4, 0.5) is 0 Å². The topological polar surface area (TPSA) is 26.8 Å². The van der Waals surface area contributed by atoms with E-state index in [0.29, 0.717) is 5.54 Å². The Labute approximate surface area is 67.1 Å². The number of hydrogen-bond acceptors (Lipinski definition) is 0. The minimum absolute atomic E-state index is 0.323. The van der Waals surface area contributed by atoms with E-state index >= 15 is 0 Å². The molecule has 0 saturated heterocycles. The van der Waals surface area contributed by atoms with Gasteiger partial charge >= 0.3 is 0 Å². The summed E-state index contributed by atoms with van der Waals surface area (Å²) in [5.41, 5.74) is 1.78. The van der Waals surface area contributed by atoms with Crippen LogP contribution in [0.5, 0.6) is 0 Å². The number of fused-ring (bicyclic) bond motifs is 2. The van der Waals surface area contributed by atoms with E-state index in [1.165, 1.54) is 44.2 Å². The first-order valence-electron chi connectivity index (χ1n) is 4.69. The van der Waals surface area contributed by atoms with Crippen LogP contribution in [-0.4, -0.2) is 15.9 Å². The van der Waals surface area contributed by atoms with Gasteiger partial charge in [-0.25, -0.2) is 0 Å². The van der Waals surface area contributed by atoms with Crippen molar-refractivity contribution in [2.75, 3.05) is 0 Å². The lowest BCUT2D eigenvalue weighted by atomic mass is 9.75. The first-order chi connectivity index (χ1) is 5.32. The first kappa shape index (κ1) is 6.04. The van der Waals surface area contributed by atoms with Crippen LogP contribution >= 0.6 is 0 Å². The maximum absolute atomic E-state index is 7.92. The predicted octanol–water partition coefficient (Wildman–Crippen LogP) is 2.14. The van der Waals surface area contributed by atoms with Gasteiger partial charge in [0.2, 0.25) is 0 Å². The Morgan fingerprint density at radius 2 is 2.00 bits per heavy atom. The molecule has 0 unspecified atom stereocenters. The number of nitrogens with zero attached hydrogens (tertiary/aromatic N) is 1. The third-order valence-electron chi connectivity index (χ3n) is 4.00. The Hall–Kier alpha value is -0.530. The summed E-state index contributed by atoms with van der Waals surface area (Å²) in [5.74, 6) is 8.72. The minimum Gasteiger partial charge on any atom is -0.454 e. The number of hydrogen-bond donors (Lipinski definition) is 0. The van der Waals surface area contributed by atoms with Crippen molar-refractivity contribution in [1.29, 1.82) is 0 Å². The summed E-state index contributed by atoms with van der Waals surface area (Å²) in [7, 11) is 0. The zero-order valence-corrected chi connectivity index (χ0v) is 6.77. The van der Waals surface area contributed by atoms with Gasteiger partial charge in [0.1, 0.15) is 0 Å². The Kier molecular flexibility index (Phi) is 0.890. The molecule has 1 spiro atoms. The molecule has 1 N–H and O–H groups in total. The van der Waals surface area contributed by atoms with E-state index in [1.807, 2.05) is 4.68 Å². The molecule has 0 radical (unpaired) electrons. The standard InChI is InChI=1S/C9H14N2/c10-11-8-3-6-9(11)4-1-7(8)2-5-9/h7,10H,1-6H2. The second kappa shape index (κ2) is 1.62. The quantitative estimate of drug-likeness (QED) is 0.473. The molecule has 0 aromatic carbocycles. The number of rotatable bonds is 0. The van der Waals surface area contributed by atoms with Crippen LogP contribution in [0.25, 0.3) is 5.84 Å². The van der Waals surface area contributed by atoms with Gasteiger partial charge in [0.15, 0.2) is 11.3 Å². The lowest BCUT2D eigenvalue weighted by Gasteiger charge is -2.39. The zero-order valence-electron chi connectivity index (χ0n) is 6.77. The van der Waals surface area contributed by atoms with E-state index in [-0.39, 0.29) is 0 Å². The van der Waals surface area contributed by atoms with Crippen LogP contribution in [0.1, 0.15) is 38.5 Å². The Morgan fingerprint density at radius 1 is 1.27 bits per heavy atom. The zero-order chi connectivity index (χ0) is 7.47. The van der Waals surface area contributed by atoms with Crippen LogP contribution in [0.15, 0.2) is 0 Å². The van der Waals surface area contributed by atoms with Gasteiger partial charge in [0, 0.05) is 31.6 Å². The minimum atomic E-state index is 0.323. The summed E-state index contributed by atoms with van der Waals surface area (Å²) in [5, 5.41) is 0. The maximum Gasteiger partial charge on any atom is 0.157 e. The largest absolute Gasteiger partial charge is 0.454 e. The van der Waals surface area contributed by atoms with Crippen molar-refractivity contribution in [3.8, 4) is 0 Å². The molecule has 0 amide bonds. The summed E-state index contributed by atoms with van der Waals surface area (Å²) in [6, 6.07) is 0. The molecule has 2 nitrogen and oxygen atoms in total. The van der Waals surface area contributed by atoms with Crippen LogP contribution in [0.2, 0.25) is 0 Å². The van der Waals surface area contributed by atoms with Crippen molar-refractivity contribution in [2.24, 2.45) is 5.92 Å². The monoisotopic (exact) mass is 150 g/mol. The van der Waals surface area contributed by atoms with Gasteiger partial charge in [-0.1, -0.05) is 0 Å². The van der Waals surface area contributed by atoms with Gasteiger partial charge in [-0.15, -0.1) is 0 Å². The molecule has 11 heavy (non-hydrogen) atoms. The molecular formula is C9H14N2. The fraction of sp³-hybridized carbons (Fsp3) is 0.889. The number of nitrogens with one attached hydrogen (secondary N) is 1. The summed E-state index contributed by atoms with van der Waals surface area (Å²) in [4.78, 5) is 0. The van der Waals surface area contributed by atoms with Gasteiger partial charge < -0.3 is 5.84 Å². The van der Waals surface area contributed by atoms with Crippen molar-refractivity contribution >= 4 is 5.71 Å². The van der Waals surface area contributed by atoms with Crippen molar-refractivity contribution in [2.45, 2.75) is 44.1 Å². The van der Waals surface area contributed by atoms with Crippen molar-refractivity contribution < 1.29 is 4.68 Å².